The van der Waals surface area contributed by atoms with Crippen LogP contribution in [0, 0.1) is 11.8 Å². The summed E-state index contributed by atoms with van der Waals surface area (Å²) in [6.45, 7) is 2.06. The molecule has 1 N–H and O–H groups in total. The summed E-state index contributed by atoms with van der Waals surface area (Å²) >= 11 is 0. The molecule has 0 atom stereocenters. The third kappa shape index (κ3) is 1.57. The third-order valence-electron chi connectivity index (χ3n) is 1.96. The Morgan fingerprint density at radius 1 is 1.31 bits per heavy atom. The van der Waals surface area contributed by atoms with Crippen molar-refractivity contribution in [2.45, 2.75) is 13.3 Å². The highest BCUT2D eigenvalue weighted by Gasteiger charge is 1.93. The van der Waals surface area contributed by atoms with Crippen LogP contribution in [0.2, 0.25) is 0 Å². The van der Waals surface area contributed by atoms with Crippen molar-refractivity contribution in [2.24, 2.45) is 0 Å². The van der Waals surface area contributed by atoms with Gasteiger partial charge < -0.3 is 4.98 Å². The SMILES string of the molecule is CCC#Cc1ccc2cc[nH]c2c1. The molecule has 1 heteroatoms. The molecule has 0 saturated carbocycles. The molecule has 2 rings (SSSR count). The first-order chi connectivity index (χ1) is 6.40. The molecule has 0 saturated heterocycles. The van der Waals surface area contributed by atoms with Gasteiger partial charge in [0.1, 0.15) is 0 Å². The monoisotopic (exact) mass is 169 g/mol. The minimum absolute atomic E-state index is 0.906. The van der Waals surface area contributed by atoms with E-state index >= 15 is 0 Å². The van der Waals surface area contributed by atoms with Gasteiger partial charge in [-0.1, -0.05) is 24.8 Å². The van der Waals surface area contributed by atoms with Crippen LogP contribution in [0.25, 0.3) is 10.9 Å². The lowest BCUT2D eigenvalue weighted by Gasteiger charge is -1.91. The van der Waals surface area contributed by atoms with Gasteiger partial charge >= 0.3 is 0 Å². The molecule has 1 nitrogen and oxygen atoms in total. The minimum atomic E-state index is 0.906. The average Bonchev–Trinajstić information content (AvgIpc) is 2.61. The molecular formula is C12H11N. The Labute approximate surface area is 77.8 Å². The standard InChI is InChI=1S/C12H11N/c1-2-3-4-10-5-6-11-7-8-13-12(11)9-10/h5-9,13H,2H2,1H3. The molecule has 1 heterocycles. The third-order valence-corrected chi connectivity index (χ3v) is 1.96. The van der Waals surface area contributed by atoms with E-state index in [1.54, 1.807) is 0 Å². The summed E-state index contributed by atoms with van der Waals surface area (Å²) in [4.78, 5) is 3.17. The molecule has 0 aliphatic rings. The van der Waals surface area contributed by atoms with Crippen LogP contribution in [-0.2, 0) is 0 Å². The molecule has 1 aromatic carbocycles. The van der Waals surface area contributed by atoms with Crippen LogP contribution >= 0.6 is 0 Å². The van der Waals surface area contributed by atoms with E-state index in [1.807, 2.05) is 6.20 Å². The van der Waals surface area contributed by atoms with Gasteiger partial charge in [0.2, 0.25) is 0 Å². The van der Waals surface area contributed by atoms with Crippen molar-refractivity contribution in [1.82, 2.24) is 4.98 Å². The zero-order chi connectivity index (χ0) is 9.10. The second-order valence-electron chi connectivity index (χ2n) is 2.94. The Kier molecular flexibility index (Phi) is 2.06. The predicted octanol–water partition coefficient (Wildman–Crippen LogP) is 2.93. The second-order valence-corrected chi connectivity index (χ2v) is 2.94. The van der Waals surface area contributed by atoms with E-state index in [1.165, 1.54) is 5.39 Å². The zero-order valence-electron chi connectivity index (χ0n) is 7.59. The summed E-state index contributed by atoms with van der Waals surface area (Å²) in [7, 11) is 0. The smallest absolute Gasteiger partial charge is 0.0466 e. The fraction of sp³-hybridized carbons (Fsp3) is 0.167. The molecule has 2 aromatic rings. The van der Waals surface area contributed by atoms with Crippen LogP contribution in [0.3, 0.4) is 0 Å². The first kappa shape index (κ1) is 7.94. The van der Waals surface area contributed by atoms with E-state index in [0.717, 1.165) is 17.5 Å². The van der Waals surface area contributed by atoms with Crippen LogP contribution < -0.4 is 0 Å². The van der Waals surface area contributed by atoms with Gasteiger partial charge in [-0.2, -0.15) is 0 Å². The Hall–Kier alpha value is -1.68. The Morgan fingerprint density at radius 2 is 2.23 bits per heavy atom. The maximum atomic E-state index is 3.17. The minimum Gasteiger partial charge on any atom is -0.361 e. The van der Waals surface area contributed by atoms with Crippen molar-refractivity contribution in [3.63, 3.8) is 0 Å². The van der Waals surface area contributed by atoms with Crippen molar-refractivity contribution in [2.75, 3.05) is 0 Å². The van der Waals surface area contributed by atoms with E-state index in [9.17, 15) is 0 Å². The van der Waals surface area contributed by atoms with Crippen LogP contribution in [0.4, 0.5) is 0 Å². The number of rotatable bonds is 0. The van der Waals surface area contributed by atoms with E-state index in [4.69, 9.17) is 0 Å². The maximum absolute atomic E-state index is 3.17. The van der Waals surface area contributed by atoms with Crippen LogP contribution in [0.15, 0.2) is 30.5 Å². The number of aromatic amines is 1. The van der Waals surface area contributed by atoms with E-state index in [-0.39, 0.29) is 0 Å². The van der Waals surface area contributed by atoms with Crippen molar-refractivity contribution in [3.05, 3.63) is 36.0 Å². The van der Waals surface area contributed by atoms with Gasteiger partial charge in [-0.15, -0.1) is 0 Å². The van der Waals surface area contributed by atoms with Gasteiger partial charge in [-0.3, -0.25) is 0 Å². The number of aromatic nitrogens is 1. The first-order valence-corrected chi connectivity index (χ1v) is 4.46. The van der Waals surface area contributed by atoms with Gasteiger partial charge in [-0.25, -0.2) is 0 Å². The lowest BCUT2D eigenvalue weighted by atomic mass is 10.2. The largest absolute Gasteiger partial charge is 0.361 e. The average molecular weight is 169 g/mol. The lowest BCUT2D eigenvalue weighted by molar-refractivity contribution is 1.28. The van der Waals surface area contributed by atoms with Gasteiger partial charge in [0.05, 0.1) is 0 Å². The van der Waals surface area contributed by atoms with Crippen molar-refractivity contribution in [3.8, 4) is 11.8 Å². The Balaban J connectivity index is 2.48. The fourth-order valence-corrected chi connectivity index (χ4v) is 1.32. The maximum Gasteiger partial charge on any atom is 0.0466 e. The molecule has 0 aliphatic carbocycles. The second kappa shape index (κ2) is 3.37. The Morgan fingerprint density at radius 3 is 3.08 bits per heavy atom. The number of fused-ring (bicyclic) bond motifs is 1. The van der Waals surface area contributed by atoms with Gasteiger partial charge in [0.15, 0.2) is 0 Å². The molecule has 0 spiro atoms. The van der Waals surface area contributed by atoms with Gasteiger partial charge in [-0.05, 0) is 23.6 Å². The van der Waals surface area contributed by atoms with Gasteiger partial charge in [0, 0.05) is 23.7 Å². The van der Waals surface area contributed by atoms with E-state index < -0.39 is 0 Å². The molecular weight excluding hydrogens is 158 g/mol. The van der Waals surface area contributed by atoms with Crippen molar-refractivity contribution < 1.29 is 0 Å². The highest BCUT2D eigenvalue weighted by molar-refractivity contribution is 5.80. The zero-order valence-corrected chi connectivity index (χ0v) is 7.59. The normalized spacial score (nSPS) is 9.62. The molecule has 0 unspecified atom stereocenters. The summed E-state index contributed by atoms with van der Waals surface area (Å²) in [6, 6.07) is 8.29. The number of hydrogen-bond donors (Lipinski definition) is 1. The molecule has 0 radical (unpaired) electrons. The fourth-order valence-electron chi connectivity index (χ4n) is 1.32. The summed E-state index contributed by atoms with van der Waals surface area (Å²) in [5.41, 5.74) is 2.24. The molecule has 64 valence electrons. The summed E-state index contributed by atoms with van der Waals surface area (Å²) in [5.74, 6) is 6.16. The highest BCUT2D eigenvalue weighted by Crippen LogP contribution is 2.13. The van der Waals surface area contributed by atoms with Crippen LogP contribution in [0.1, 0.15) is 18.9 Å². The van der Waals surface area contributed by atoms with Crippen LogP contribution in [0.5, 0.6) is 0 Å². The molecule has 13 heavy (non-hydrogen) atoms. The first-order valence-electron chi connectivity index (χ1n) is 4.46. The lowest BCUT2D eigenvalue weighted by Crippen LogP contribution is -1.74. The molecule has 0 aliphatic heterocycles. The Bertz CT molecular complexity index is 468. The summed E-state index contributed by atoms with van der Waals surface area (Å²) in [5, 5.41) is 1.24. The number of hydrogen-bond acceptors (Lipinski definition) is 0. The summed E-state index contributed by atoms with van der Waals surface area (Å²) < 4.78 is 0. The molecule has 1 aromatic heterocycles. The quantitative estimate of drug-likeness (QED) is 0.583. The summed E-state index contributed by atoms with van der Waals surface area (Å²) in [6.07, 6.45) is 2.85. The molecule has 0 bridgehead atoms. The van der Waals surface area contributed by atoms with Crippen molar-refractivity contribution in [1.29, 1.82) is 0 Å². The van der Waals surface area contributed by atoms with Gasteiger partial charge in [0.25, 0.3) is 0 Å². The molecule has 0 fully saturated rings. The van der Waals surface area contributed by atoms with E-state index in [2.05, 4.69) is 48.0 Å². The predicted molar refractivity (Wildman–Crippen MR) is 55.5 cm³/mol. The topological polar surface area (TPSA) is 15.8 Å². The number of H-pyrrole nitrogens is 1. The van der Waals surface area contributed by atoms with Crippen molar-refractivity contribution >= 4 is 10.9 Å². The number of benzene rings is 1. The van der Waals surface area contributed by atoms with E-state index in [0.29, 0.717) is 0 Å². The molecule has 0 amide bonds. The van der Waals surface area contributed by atoms with Crippen LogP contribution in [-0.4, -0.2) is 4.98 Å². The highest BCUT2D eigenvalue weighted by atomic mass is 14.7. The number of nitrogens with one attached hydrogen (secondary N) is 1.